The summed E-state index contributed by atoms with van der Waals surface area (Å²) in [6, 6.07) is 7.11. The molecule has 0 radical (unpaired) electrons. The average Bonchev–Trinajstić information content (AvgIpc) is 2.57. The molecule has 0 amide bonds. The molecule has 1 atom stereocenters. The van der Waals surface area contributed by atoms with E-state index in [-0.39, 0.29) is 24.4 Å². The molecule has 0 aliphatic heterocycles. The Bertz CT molecular complexity index is 608. The first-order valence-corrected chi connectivity index (χ1v) is 12.6. The first-order chi connectivity index (χ1) is 13.5. The standard InChI is InChI=1S/C20H36O7P2/c1-14(2)23-28(24-15(3)4)25-20(18-10-12-19(22-9)13-11-18)29(21,26-16(5)6)27-17(7)8/h10-17,20H,1-9H3. The molecule has 1 rings (SSSR count). The molecule has 0 saturated heterocycles. The second kappa shape index (κ2) is 12.4. The molecule has 0 bridgehead atoms. The third-order valence-corrected chi connectivity index (χ3v) is 7.33. The fourth-order valence-electron chi connectivity index (χ4n) is 2.29. The van der Waals surface area contributed by atoms with Crippen LogP contribution in [0.15, 0.2) is 24.3 Å². The van der Waals surface area contributed by atoms with Gasteiger partial charge < -0.3 is 22.8 Å². The van der Waals surface area contributed by atoms with Gasteiger partial charge in [-0.2, -0.15) is 0 Å². The van der Waals surface area contributed by atoms with Crippen LogP contribution in [0.4, 0.5) is 0 Å². The summed E-state index contributed by atoms with van der Waals surface area (Å²) in [6.45, 7) is 14.8. The fourth-order valence-corrected chi connectivity index (χ4v) is 6.09. The molecule has 7 nitrogen and oxygen atoms in total. The van der Waals surface area contributed by atoms with Crippen LogP contribution in [0.2, 0.25) is 0 Å². The first kappa shape index (κ1) is 26.5. The Morgan fingerprint density at radius 1 is 0.724 bits per heavy atom. The van der Waals surface area contributed by atoms with Gasteiger partial charge in [0.25, 0.3) is 0 Å². The summed E-state index contributed by atoms with van der Waals surface area (Å²) < 4.78 is 48.6. The van der Waals surface area contributed by atoms with Gasteiger partial charge in [0.2, 0.25) is 0 Å². The fraction of sp³-hybridized carbons (Fsp3) is 0.700. The van der Waals surface area contributed by atoms with Crippen LogP contribution in [0.3, 0.4) is 0 Å². The number of methoxy groups -OCH3 is 1. The van der Waals surface area contributed by atoms with E-state index in [1.165, 1.54) is 0 Å². The maximum atomic E-state index is 13.9. The molecular formula is C20H36O7P2. The Morgan fingerprint density at radius 2 is 1.17 bits per heavy atom. The third kappa shape index (κ3) is 9.44. The zero-order chi connectivity index (χ0) is 22.2. The zero-order valence-electron chi connectivity index (χ0n) is 18.9. The maximum absolute atomic E-state index is 13.9. The van der Waals surface area contributed by atoms with Gasteiger partial charge in [0.05, 0.1) is 31.5 Å². The lowest BCUT2D eigenvalue weighted by atomic mass is 10.2. The van der Waals surface area contributed by atoms with Gasteiger partial charge in [-0.05, 0) is 73.1 Å². The van der Waals surface area contributed by atoms with Crippen molar-refractivity contribution in [3.63, 3.8) is 0 Å². The topological polar surface area (TPSA) is 72.5 Å². The van der Waals surface area contributed by atoms with Crippen LogP contribution in [0.25, 0.3) is 0 Å². The maximum Gasteiger partial charge on any atom is 0.364 e. The van der Waals surface area contributed by atoms with E-state index in [0.29, 0.717) is 11.3 Å². The van der Waals surface area contributed by atoms with Gasteiger partial charge in [0, 0.05) is 0 Å². The molecule has 9 heteroatoms. The Balaban J connectivity index is 3.38. The second-order valence-corrected chi connectivity index (χ2v) is 10.7. The molecule has 0 N–H and O–H groups in total. The van der Waals surface area contributed by atoms with Crippen molar-refractivity contribution >= 4 is 16.2 Å². The Labute approximate surface area is 176 Å². The number of hydrogen-bond donors (Lipinski definition) is 0. The molecule has 0 spiro atoms. The monoisotopic (exact) mass is 450 g/mol. The summed E-state index contributed by atoms with van der Waals surface area (Å²) in [4.78, 5) is 0. The van der Waals surface area contributed by atoms with Gasteiger partial charge >= 0.3 is 16.2 Å². The van der Waals surface area contributed by atoms with Gasteiger partial charge in [-0.15, -0.1) is 0 Å². The summed E-state index contributed by atoms with van der Waals surface area (Å²) in [5, 5.41) is 0. The normalized spacial score (nSPS) is 13.9. The van der Waals surface area contributed by atoms with E-state index in [1.54, 1.807) is 59.1 Å². The van der Waals surface area contributed by atoms with E-state index in [2.05, 4.69) is 0 Å². The van der Waals surface area contributed by atoms with Crippen molar-refractivity contribution in [3.8, 4) is 5.75 Å². The molecule has 168 valence electrons. The highest BCUT2D eigenvalue weighted by Gasteiger charge is 2.43. The molecule has 0 saturated carbocycles. The van der Waals surface area contributed by atoms with Crippen molar-refractivity contribution in [2.24, 2.45) is 0 Å². The van der Waals surface area contributed by atoms with Crippen molar-refractivity contribution in [1.82, 2.24) is 0 Å². The Morgan fingerprint density at radius 3 is 1.52 bits per heavy atom. The predicted molar refractivity (Wildman–Crippen MR) is 116 cm³/mol. The van der Waals surface area contributed by atoms with Crippen LogP contribution in [-0.4, -0.2) is 31.5 Å². The lowest BCUT2D eigenvalue weighted by Gasteiger charge is -2.32. The molecule has 0 aromatic heterocycles. The Kier molecular flexibility index (Phi) is 11.3. The smallest absolute Gasteiger partial charge is 0.364 e. The number of benzene rings is 1. The highest BCUT2D eigenvalue weighted by Crippen LogP contribution is 2.67. The molecule has 1 unspecified atom stereocenters. The minimum Gasteiger partial charge on any atom is -0.497 e. The summed E-state index contributed by atoms with van der Waals surface area (Å²) in [7, 11) is -3.94. The van der Waals surface area contributed by atoms with Gasteiger partial charge in [0.1, 0.15) is 5.75 Å². The lowest BCUT2D eigenvalue weighted by molar-refractivity contribution is 0.0735. The highest BCUT2D eigenvalue weighted by atomic mass is 31.2. The van der Waals surface area contributed by atoms with Crippen LogP contribution >= 0.6 is 16.2 Å². The van der Waals surface area contributed by atoms with Crippen molar-refractivity contribution < 1.29 is 31.9 Å². The Hall–Kier alpha value is -0.520. The van der Waals surface area contributed by atoms with Crippen molar-refractivity contribution in [2.75, 3.05) is 7.11 Å². The SMILES string of the molecule is COc1ccc(C(OP(OC(C)C)OC(C)C)P(=O)(OC(C)C)OC(C)C)cc1. The lowest BCUT2D eigenvalue weighted by Crippen LogP contribution is -2.16. The summed E-state index contributed by atoms with van der Waals surface area (Å²) >= 11 is 0. The average molecular weight is 450 g/mol. The minimum absolute atomic E-state index is 0.132. The number of hydrogen-bond acceptors (Lipinski definition) is 7. The largest absolute Gasteiger partial charge is 0.497 e. The van der Waals surface area contributed by atoms with Crippen molar-refractivity contribution in [2.45, 2.75) is 85.7 Å². The molecule has 1 aromatic carbocycles. The van der Waals surface area contributed by atoms with Crippen molar-refractivity contribution in [3.05, 3.63) is 29.8 Å². The van der Waals surface area contributed by atoms with E-state index >= 15 is 0 Å². The molecular weight excluding hydrogens is 414 g/mol. The van der Waals surface area contributed by atoms with Crippen LogP contribution < -0.4 is 4.74 Å². The van der Waals surface area contributed by atoms with E-state index < -0.39 is 22.0 Å². The predicted octanol–water partition coefficient (Wildman–Crippen LogP) is 6.83. The molecule has 0 heterocycles. The van der Waals surface area contributed by atoms with Gasteiger partial charge in [0.15, 0.2) is 5.85 Å². The van der Waals surface area contributed by atoms with Gasteiger partial charge in [-0.1, -0.05) is 12.1 Å². The molecule has 1 aromatic rings. The number of ether oxygens (including phenoxy) is 1. The van der Waals surface area contributed by atoms with Crippen LogP contribution in [-0.2, 0) is 27.2 Å². The zero-order valence-corrected chi connectivity index (χ0v) is 20.7. The van der Waals surface area contributed by atoms with E-state index in [4.69, 9.17) is 27.4 Å². The van der Waals surface area contributed by atoms with Crippen molar-refractivity contribution in [1.29, 1.82) is 0 Å². The third-order valence-electron chi connectivity index (χ3n) is 3.18. The highest BCUT2D eigenvalue weighted by molar-refractivity contribution is 7.54. The van der Waals surface area contributed by atoms with E-state index in [0.717, 1.165) is 0 Å². The van der Waals surface area contributed by atoms with Crippen LogP contribution in [0.1, 0.15) is 66.8 Å². The molecule has 29 heavy (non-hydrogen) atoms. The number of rotatable bonds is 13. The van der Waals surface area contributed by atoms with Gasteiger partial charge in [-0.25, -0.2) is 0 Å². The quantitative estimate of drug-likeness (QED) is 0.305. The summed E-state index contributed by atoms with van der Waals surface area (Å²) in [5.41, 5.74) is 0.627. The molecule has 0 aliphatic rings. The van der Waals surface area contributed by atoms with Crippen LogP contribution in [0, 0.1) is 0 Å². The van der Waals surface area contributed by atoms with Gasteiger partial charge in [-0.3, -0.25) is 9.09 Å². The second-order valence-electron chi connectivity index (χ2n) is 7.61. The molecule has 0 aliphatic carbocycles. The van der Waals surface area contributed by atoms with E-state index in [9.17, 15) is 4.57 Å². The first-order valence-electron chi connectivity index (χ1n) is 9.87. The minimum atomic E-state index is -3.73. The van der Waals surface area contributed by atoms with E-state index in [1.807, 2.05) is 27.7 Å². The summed E-state index contributed by atoms with van der Waals surface area (Å²) in [6.07, 6.45) is -0.917. The molecule has 0 fully saturated rings. The van der Waals surface area contributed by atoms with Crippen LogP contribution in [0.5, 0.6) is 5.75 Å². The summed E-state index contributed by atoms with van der Waals surface area (Å²) in [5.74, 6) is -0.335.